The Morgan fingerprint density at radius 2 is 1.81 bits per heavy atom. The molecule has 1 amide bonds. The van der Waals surface area contributed by atoms with Crippen LogP contribution in [0.25, 0.3) is 0 Å². The Morgan fingerprint density at radius 1 is 1.07 bits per heavy atom. The molecule has 0 saturated heterocycles. The predicted molar refractivity (Wildman–Crippen MR) is 106 cm³/mol. The van der Waals surface area contributed by atoms with E-state index in [9.17, 15) is 14.0 Å². The number of carbonyl (C=O) groups excluding carboxylic acids is 2. The Morgan fingerprint density at radius 3 is 2.52 bits per heavy atom. The summed E-state index contributed by atoms with van der Waals surface area (Å²) in [5, 5.41) is 0.245. The van der Waals surface area contributed by atoms with Crippen molar-refractivity contribution in [2.45, 2.75) is 31.6 Å². The molecule has 1 atom stereocenters. The van der Waals surface area contributed by atoms with Crippen LogP contribution < -0.4 is 4.90 Å². The first-order valence-electron chi connectivity index (χ1n) is 8.76. The van der Waals surface area contributed by atoms with Crippen LogP contribution in [-0.4, -0.2) is 11.7 Å². The molecule has 0 aromatic heterocycles. The number of carbonyl (C=O) groups is 2. The number of anilines is 1. The molecule has 3 nitrogen and oxygen atoms in total. The third kappa shape index (κ3) is 3.23. The van der Waals surface area contributed by atoms with E-state index in [-0.39, 0.29) is 28.7 Å². The van der Waals surface area contributed by atoms with E-state index in [1.54, 1.807) is 11.0 Å². The molecule has 2 aliphatic rings. The molecular weight excluding hydrogens is 433 g/mol. The quantitative estimate of drug-likeness (QED) is 0.585. The van der Waals surface area contributed by atoms with E-state index < -0.39 is 11.7 Å². The van der Waals surface area contributed by atoms with Crippen molar-refractivity contribution in [2.24, 2.45) is 0 Å². The van der Waals surface area contributed by atoms with E-state index in [0.29, 0.717) is 36.2 Å². The SMILES string of the molecule is O=C1CCCC2=C1C(c1c(F)cccc1Cl)CC(=O)N2c1ccc(Br)cc1. The largest absolute Gasteiger partial charge is 0.294 e. The van der Waals surface area contributed by atoms with Gasteiger partial charge in [-0.2, -0.15) is 0 Å². The van der Waals surface area contributed by atoms with E-state index in [4.69, 9.17) is 11.6 Å². The maximum Gasteiger partial charge on any atom is 0.232 e. The van der Waals surface area contributed by atoms with Gasteiger partial charge in [0.25, 0.3) is 0 Å². The highest BCUT2D eigenvalue weighted by Gasteiger charge is 2.41. The lowest BCUT2D eigenvalue weighted by Crippen LogP contribution is -2.40. The number of Topliss-reactive ketones (excluding diaryl/α,β-unsaturated/α-hetero) is 1. The summed E-state index contributed by atoms with van der Waals surface area (Å²) in [6.45, 7) is 0. The maximum absolute atomic E-state index is 14.6. The third-order valence-corrected chi connectivity index (χ3v) is 5.97. The number of hydrogen-bond donors (Lipinski definition) is 0. The number of ketones is 1. The van der Waals surface area contributed by atoms with E-state index in [0.717, 1.165) is 4.47 Å². The molecule has 138 valence electrons. The zero-order valence-electron chi connectivity index (χ0n) is 14.3. The summed E-state index contributed by atoms with van der Waals surface area (Å²) >= 11 is 9.65. The van der Waals surface area contributed by atoms with Crippen molar-refractivity contribution in [3.8, 4) is 0 Å². The van der Waals surface area contributed by atoms with Gasteiger partial charge in [-0.25, -0.2) is 4.39 Å². The van der Waals surface area contributed by atoms with Crippen LogP contribution in [0.2, 0.25) is 5.02 Å². The standard InChI is InChI=1S/C21H16BrClFNO2/c22-12-7-9-13(10-8-12)25-17-5-2-6-18(26)21(17)14(11-19(25)27)20-15(23)3-1-4-16(20)24/h1,3-4,7-10,14H,2,5-6,11H2. The average Bonchev–Trinajstić information content (AvgIpc) is 2.63. The lowest BCUT2D eigenvalue weighted by atomic mass is 9.77. The first-order valence-corrected chi connectivity index (χ1v) is 9.93. The second-order valence-corrected chi connectivity index (χ2v) is 8.06. The summed E-state index contributed by atoms with van der Waals surface area (Å²) in [6, 6.07) is 11.8. The van der Waals surface area contributed by atoms with Crippen molar-refractivity contribution in [1.82, 2.24) is 0 Å². The summed E-state index contributed by atoms with van der Waals surface area (Å²) in [6.07, 6.45) is 1.70. The second-order valence-electron chi connectivity index (χ2n) is 6.73. The highest BCUT2D eigenvalue weighted by molar-refractivity contribution is 9.10. The van der Waals surface area contributed by atoms with Crippen LogP contribution >= 0.6 is 27.5 Å². The summed E-state index contributed by atoms with van der Waals surface area (Å²) in [7, 11) is 0. The normalized spacial score (nSPS) is 20.1. The number of allylic oxidation sites excluding steroid dienone is 2. The summed E-state index contributed by atoms with van der Waals surface area (Å²) in [5.74, 6) is -1.31. The van der Waals surface area contributed by atoms with Crippen LogP contribution in [0, 0.1) is 5.82 Å². The molecule has 1 unspecified atom stereocenters. The lowest BCUT2D eigenvalue weighted by molar-refractivity contribution is -0.119. The molecule has 1 aliphatic heterocycles. The minimum atomic E-state index is -0.638. The first kappa shape index (κ1) is 18.4. The molecule has 6 heteroatoms. The number of amides is 1. The van der Waals surface area contributed by atoms with Gasteiger partial charge in [0, 0.05) is 50.8 Å². The number of nitrogens with zero attached hydrogens (tertiary/aromatic N) is 1. The van der Waals surface area contributed by atoms with E-state index in [1.165, 1.54) is 12.1 Å². The Labute approximate surface area is 169 Å². The van der Waals surface area contributed by atoms with Gasteiger partial charge in [-0.15, -0.1) is 0 Å². The number of benzene rings is 2. The Kier molecular flexibility index (Phi) is 4.91. The summed E-state index contributed by atoms with van der Waals surface area (Å²) in [5.41, 5.74) is 2.15. The van der Waals surface area contributed by atoms with Crippen LogP contribution in [0.3, 0.4) is 0 Å². The van der Waals surface area contributed by atoms with E-state index in [1.807, 2.05) is 24.3 Å². The molecule has 1 aliphatic carbocycles. The van der Waals surface area contributed by atoms with Crippen molar-refractivity contribution < 1.29 is 14.0 Å². The van der Waals surface area contributed by atoms with Crippen molar-refractivity contribution in [3.63, 3.8) is 0 Å². The van der Waals surface area contributed by atoms with Gasteiger partial charge in [0.05, 0.1) is 0 Å². The molecule has 2 aromatic rings. The molecule has 27 heavy (non-hydrogen) atoms. The van der Waals surface area contributed by atoms with Gasteiger partial charge in [-0.3, -0.25) is 14.5 Å². The molecule has 0 radical (unpaired) electrons. The Hall–Kier alpha value is -1.98. The average molecular weight is 449 g/mol. The van der Waals surface area contributed by atoms with Gasteiger partial charge in [-0.05, 0) is 49.2 Å². The fourth-order valence-electron chi connectivity index (χ4n) is 3.97. The number of halogens is 3. The van der Waals surface area contributed by atoms with E-state index >= 15 is 0 Å². The van der Waals surface area contributed by atoms with Crippen molar-refractivity contribution in [2.75, 3.05) is 4.90 Å². The fourth-order valence-corrected chi connectivity index (χ4v) is 4.53. The predicted octanol–water partition coefficient (Wildman–Crippen LogP) is 5.77. The highest BCUT2D eigenvalue weighted by atomic mass is 79.9. The summed E-state index contributed by atoms with van der Waals surface area (Å²) in [4.78, 5) is 27.5. The molecule has 2 aromatic carbocycles. The van der Waals surface area contributed by atoms with E-state index in [2.05, 4.69) is 15.9 Å². The zero-order valence-corrected chi connectivity index (χ0v) is 16.7. The van der Waals surface area contributed by atoms with Crippen LogP contribution in [0.1, 0.15) is 37.2 Å². The van der Waals surface area contributed by atoms with Crippen LogP contribution in [0.5, 0.6) is 0 Å². The van der Waals surface area contributed by atoms with Crippen LogP contribution in [0.4, 0.5) is 10.1 Å². The van der Waals surface area contributed by atoms with Gasteiger partial charge in [-0.1, -0.05) is 33.6 Å². The van der Waals surface area contributed by atoms with Gasteiger partial charge < -0.3 is 0 Å². The van der Waals surface area contributed by atoms with Crippen molar-refractivity contribution >= 4 is 44.9 Å². The fraction of sp³-hybridized carbons (Fsp3) is 0.238. The van der Waals surface area contributed by atoms with Crippen LogP contribution in [-0.2, 0) is 9.59 Å². The zero-order chi connectivity index (χ0) is 19.1. The maximum atomic E-state index is 14.6. The molecule has 0 N–H and O–H groups in total. The van der Waals surface area contributed by atoms with Crippen molar-refractivity contribution in [3.05, 3.63) is 74.6 Å². The highest BCUT2D eigenvalue weighted by Crippen LogP contribution is 2.45. The van der Waals surface area contributed by atoms with Gasteiger partial charge in [0.15, 0.2) is 5.78 Å². The van der Waals surface area contributed by atoms with Gasteiger partial charge in [0.1, 0.15) is 5.82 Å². The second kappa shape index (κ2) is 7.21. The molecule has 0 saturated carbocycles. The molecule has 0 bridgehead atoms. The smallest absolute Gasteiger partial charge is 0.232 e. The minimum Gasteiger partial charge on any atom is -0.294 e. The summed E-state index contributed by atoms with van der Waals surface area (Å²) < 4.78 is 15.5. The Bertz CT molecular complexity index is 950. The number of rotatable bonds is 2. The van der Waals surface area contributed by atoms with Gasteiger partial charge >= 0.3 is 0 Å². The van der Waals surface area contributed by atoms with Crippen LogP contribution in [0.15, 0.2) is 58.2 Å². The van der Waals surface area contributed by atoms with Crippen molar-refractivity contribution in [1.29, 1.82) is 0 Å². The Balaban J connectivity index is 1.90. The monoisotopic (exact) mass is 447 g/mol. The molecule has 0 spiro atoms. The minimum absolute atomic E-state index is 0.0152. The number of hydrogen-bond acceptors (Lipinski definition) is 2. The molecular formula is C21H16BrClFNO2. The lowest BCUT2D eigenvalue weighted by Gasteiger charge is -2.38. The molecule has 0 fully saturated rings. The third-order valence-electron chi connectivity index (χ3n) is 5.11. The molecule has 1 heterocycles. The van der Waals surface area contributed by atoms with Gasteiger partial charge in [0.2, 0.25) is 5.91 Å². The molecule has 4 rings (SSSR count). The topological polar surface area (TPSA) is 37.4 Å². The first-order chi connectivity index (χ1) is 13.0.